The number of rotatable bonds is 8. The second-order valence-electron chi connectivity index (χ2n) is 11.7. The lowest BCUT2D eigenvalue weighted by Gasteiger charge is -2.28. The molecule has 3 N–H and O–H groups in total. The Balaban J connectivity index is 1.04. The van der Waals surface area contributed by atoms with Gasteiger partial charge in [-0.05, 0) is 68.2 Å². The third-order valence-electron chi connectivity index (χ3n) is 8.71. The normalized spacial score (nSPS) is 24.1. The Morgan fingerprint density at radius 1 is 1.00 bits per heavy atom. The lowest BCUT2D eigenvalue weighted by atomic mass is 9.82. The van der Waals surface area contributed by atoms with E-state index in [4.69, 9.17) is 14.5 Å². The van der Waals surface area contributed by atoms with Gasteiger partial charge in [0.15, 0.2) is 0 Å². The number of carbonyl (C=O) groups excluding carboxylic acids is 2. The maximum absolute atomic E-state index is 13.5. The number of anilines is 1. The van der Waals surface area contributed by atoms with E-state index >= 15 is 0 Å². The zero-order valence-corrected chi connectivity index (χ0v) is 23.8. The number of nitrogens with zero attached hydrogens (tertiary/aromatic N) is 3. The number of aromatic nitrogens is 2. The number of amides is 2. The minimum absolute atomic E-state index is 0.104. The van der Waals surface area contributed by atoms with Crippen LogP contribution in [-0.4, -0.2) is 78.7 Å². The van der Waals surface area contributed by atoms with E-state index in [9.17, 15) is 14.7 Å². The first-order valence-corrected chi connectivity index (χ1v) is 15.1. The predicted octanol–water partition coefficient (Wildman–Crippen LogP) is 3.92. The number of carbonyl (C=O) groups is 2. The molecule has 0 spiro atoms. The van der Waals surface area contributed by atoms with Gasteiger partial charge >= 0.3 is 6.09 Å². The Kier molecular flexibility index (Phi) is 8.81. The molecule has 1 aromatic carbocycles. The smallest absolute Gasteiger partial charge is 0.407 e. The fraction of sp³-hybridized carbons (Fsp3) is 0.500. The van der Waals surface area contributed by atoms with Gasteiger partial charge in [-0.2, -0.15) is 0 Å². The molecule has 3 aliphatic rings. The summed E-state index contributed by atoms with van der Waals surface area (Å²) < 4.78 is 10.6. The first kappa shape index (κ1) is 28.4. The summed E-state index contributed by atoms with van der Waals surface area (Å²) in [4.78, 5) is 37.0. The number of ether oxygens (including phenoxy) is 2. The van der Waals surface area contributed by atoms with Crippen LogP contribution < -0.4 is 15.5 Å². The zero-order chi connectivity index (χ0) is 28.9. The zero-order valence-electron chi connectivity index (χ0n) is 23.8. The molecule has 0 radical (unpaired) electrons. The average Bonchev–Trinajstić information content (AvgIpc) is 3.70. The van der Waals surface area contributed by atoms with Crippen LogP contribution in [0.25, 0.3) is 22.2 Å². The maximum atomic E-state index is 13.5. The van der Waals surface area contributed by atoms with Crippen molar-refractivity contribution in [2.75, 3.05) is 44.3 Å². The van der Waals surface area contributed by atoms with Gasteiger partial charge in [-0.1, -0.05) is 18.2 Å². The summed E-state index contributed by atoms with van der Waals surface area (Å²) in [5.74, 6) is 1.55. The molecular weight excluding hydrogens is 534 g/mol. The minimum Gasteiger partial charge on any atom is -0.444 e. The number of aliphatic hydroxyl groups excluding tert-OH is 1. The van der Waals surface area contributed by atoms with Crippen LogP contribution in [0.2, 0.25) is 0 Å². The molecule has 10 nitrogen and oxygen atoms in total. The molecule has 2 amide bonds. The highest BCUT2D eigenvalue weighted by Gasteiger charge is 2.25. The Morgan fingerprint density at radius 3 is 2.48 bits per heavy atom. The molecule has 0 unspecified atom stereocenters. The lowest BCUT2D eigenvalue weighted by Crippen LogP contribution is -2.36. The number of fused-ring (bicyclic) bond motifs is 1. The van der Waals surface area contributed by atoms with Crippen LogP contribution in [0.3, 0.4) is 0 Å². The van der Waals surface area contributed by atoms with Crippen molar-refractivity contribution < 1.29 is 24.2 Å². The minimum atomic E-state index is -0.359. The van der Waals surface area contributed by atoms with Gasteiger partial charge in [0.2, 0.25) is 0 Å². The highest BCUT2D eigenvalue weighted by atomic mass is 16.6. The molecule has 3 fully saturated rings. The number of para-hydroxylation sites is 1. The van der Waals surface area contributed by atoms with Crippen molar-refractivity contribution in [3.05, 3.63) is 54.2 Å². The molecule has 1 saturated carbocycles. The quantitative estimate of drug-likeness (QED) is 0.370. The van der Waals surface area contributed by atoms with Crippen LogP contribution >= 0.6 is 0 Å². The third-order valence-corrected chi connectivity index (χ3v) is 8.71. The van der Waals surface area contributed by atoms with Crippen LogP contribution in [0.1, 0.15) is 48.9 Å². The largest absolute Gasteiger partial charge is 0.444 e. The molecule has 2 atom stereocenters. The summed E-state index contributed by atoms with van der Waals surface area (Å²) in [6, 6.07) is 13.5. The fourth-order valence-electron chi connectivity index (χ4n) is 6.18. The monoisotopic (exact) mass is 573 g/mol. The predicted molar refractivity (Wildman–Crippen MR) is 159 cm³/mol. The molecule has 42 heavy (non-hydrogen) atoms. The van der Waals surface area contributed by atoms with Crippen molar-refractivity contribution in [1.82, 2.24) is 20.6 Å². The molecule has 0 bridgehead atoms. The number of alkyl carbamates (subject to hydrolysis) is 1. The number of aliphatic hydroxyl groups is 1. The van der Waals surface area contributed by atoms with Crippen molar-refractivity contribution in [3.63, 3.8) is 0 Å². The molecule has 1 aliphatic carbocycles. The second kappa shape index (κ2) is 13.0. The summed E-state index contributed by atoms with van der Waals surface area (Å²) in [6.45, 7) is 3.74. The number of benzene rings is 1. The van der Waals surface area contributed by atoms with Gasteiger partial charge in [-0.15, -0.1) is 0 Å². The fourth-order valence-corrected chi connectivity index (χ4v) is 6.18. The number of hydrogen-bond acceptors (Lipinski definition) is 8. The standard InChI is InChI=1S/C32H39N5O5/c38-24-11-13-37(19-24)30-10-9-23(18-33-30)29-15-27(26-3-1-2-4-28(26)36-29)31(39)34-16-21-5-7-22(8-6-21)17-35-32(40)42-25-12-14-41-20-25/h1-4,9-10,15,18,21-22,24-25,38H,5-8,11-14,16-17,19-20H2,(H,34,39)(H,35,40)/t21?,22?,24-,25+/m1/s1. The van der Waals surface area contributed by atoms with Gasteiger partial charge < -0.3 is 30.1 Å². The highest BCUT2D eigenvalue weighted by molar-refractivity contribution is 6.07. The van der Waals surface area contributed by atoms with Crippen LogP contribution in [0.5, 0.6) is 0 Å². The van der Waals surface area contributed by atoms with Crippen molar-refractivity contribution in [2.45, 2.75) is 50.7 Å². The molecule has 2 saturated heterocycles. The Hall–Kier alpha value is -3.76. The molecule has 4 heterocycles. The van der Waals surface area contributed by atoms with E-state index in [1.165, 1.54) is 0 Å². The van der Waals surface area contributed by atoms with Crippen LogP contribution in [0.4, 0.5) is 10.6 Å². The summed E-state index contributed by atoms with van der Waals surface area (Å²) in [5, 5.41) is 16.8. The van der Waals surface area contributed by atoms with Gasteiger partial charge in [0.25, 0.3) is 5.91 Å². The van der Waals surface area contributed by atoms with E-state index in [2.05, 4.69) is 20.5 Å². The van der Waals surface area contributed by atoms with E-state index in [0.29, 0.717) is 55.9 Å². The first-order chi connectivity index (χ1) is 20.5. The first-order valence-electron chi connectivity index (χ1n) is 15.1. The van der Waals surface area contributed by atoms with Gasteiger partial charge in [-0.25, -0.2) is 14.8 Å². The Labute approximate surface area is 245 Å². The van der Waals surface area contributed by atoms with Gasteiger partial charge in [0.1, 0.15) is 11.9 Å². The number of pyridine rings is 2. The van der Waals surface area contributed by atoms with E-state index in [-0.39, 0.29) is 24.2 Å². The van der Waals surface area contributed by atoms with E-state index in [1.807, 2.05) is 42.5 Å². The topological polar surface area (TPSA) is 126 Å². The van der Waals surface area contributed by atoms with Gasteiger partial charge in [0, 0.05) is 49.7 Å². The third kappa shape index (κ3) is 6.82. The van der Waals surface area contributed by atoms with E-state index in [0.717, 1.165) is 67.4 Å². The van der Waals surface area contributed by atoms with Crippen LogP contribution in [-0.2, 0) is 9.47 Å². The van der Waals surface area contributed by atoms with Crippen LogP contribution in [0, 0.1) is 11.8 Å². The lowest BCUT2D eigenvalue weighted by molar-refractivity contribution is 0.0813. The Morgan fingerprint density at radius 2 is 1.79 bits per heavy atom. The summed E-state index contributed by atoms with van der Waals surface area (Å²) >= 11 is 0. The molecule has 10 heteroatoms. The van der Waals surface area contributed by atoms with Gasteiger partial charge in [0.05, 0.1) is 36.1 Å². The maximum Gasteiger partial charge on any atom is 0.407 e. The van der Waals surface area contributed by atoms with E-state index in [1.54, 1.807) is 6.20 Å². The summed E-state index contributed by atoms with van der Waals surface area (Å²) in [6.07, 6.45) is 6.52. The summed E-state index contributed by atoms with van der Waals surface area (Å²) in [7, 11) is 0. The van der Waals surface area contributed by atoms with Gasteiger partial charge in [-0.3, -0.25) is 4.79 Å². The number of β-amino-alcohol motifs (C(OH)–C–C–N with tert-alkyl or cyclic N) is 1. The van der Waals surface area contributed by atoms with Crippen molar-refractivity contribution in [2.24, 2.45) is 11.8 Å². The van der Waals surface area contributed by atoms with E-state index < -0.39 is 0 Å². The molecule has 2 aromatic heterocycles. The van der Waals surface area contributed by atoms with Crippen molar-refractivity contribution >= 4 is 28.7 Å². The average molecular weight is 574 g/mol. The molecule has 3 aromatic rings. The molecular formula is C32H39N5O5. The highest BCUT2D eigenvalue weighted by Crippen LogP contribution is 2.29. The SMILES string of the molecule is O=C(NCC1CCC(CNC(=O)c2cc(-c3ccc(N4CC[C@@H](O)C4)nc3)nc3ccccc23)CC1)O[C@H]1CCOC1. The Bertz CT molecular complexity index is 1390. The molecule has 222 valence electrons. The summed E-state index contributed by atoms with van der Waals surface area (Å²) in [5.41, 5.74) is 2.90. The second-order valence-corrected chi connectivity index (χ2v) is 11.7. The number of nitrogens with one attached hydrogen (secondary N) is 2. The van der Waals surface area contributed by atoms with Crippen LogP contribution in [0.15, 0.2) is 48.7 Å². The van der Waals surface area contributed by atoms with Crippen molar-refractivity contribution in [1.29, 1.82) is 0 Å². The molecule has 2 aliphatic heterocycles. The molecule has 6 rings (SSSR count). The van der Waals surface area contributed by atoms with Crippen molar-refractivity contribution in [3.8, 4) is 11.3 Å². The number of hydrogen-bond donors (Lipinski definition) is 3.